The van der Waals surface area contributed by atoms with Gasteiger partial charge in [-0.15, -0.1) is 0 Å². The van der Waals surface area contributed by atoms with Crippen LogP contribution in [0.1, 0.15) is 29.5 Å². The molecule has 1 aromatic rings. The van der Waals surface area contributed by atoms with Gasteiger partial charge in [0.25, 0.3) is 5.91 Å². The Kier molecular flexibility index (Phi) is 5.94. The summed E-state index contributed by atoms with van der Waals surface area (Å²) in [5.74, 6) is -5.24. The molecule has 3 aliphatic rings. The van der Waals surface area contributed by atoms with Crippen LogP contribution in [-0.2, 0) is 22.6 Å². The molecule has 33 heavy (non-hydrogen) atoms. The van der Waals surface area contributed by atoms with Crippen LogP contribution in [0.15, 0.2) is 29.0 Å². The van der Waals surface area contributed by atoms with Crippen molar-refractivity contribution in [3.05, 3.63) is 45.7 Å². The van der Waals surface area contributed by atoms with Gasteiger partial charge >= 0.3 is 0 Å². The Morgan fingerprint density at radius 3 is 2.61 bits per heavy atom. The van der Waals surface area contributed by atoms with Gasteiger partial charge in [-0.1, -0.05) is 12.1 Å². The van der Waals surface area contributed by atoms with Crippen molar-refractivity contribution < 1.29 is 39.5 Å². The number of rotatable bonds is 6. The molecule has 178 valence electrons. The van der Waals surface area contributed by atoms with Gasteiger partial charge in [0.05, 0.1) is 23.7 Å². The number of aliphatic hydroxyl groups is 4. The lowest BCUT2D eigenvalue weighted by Crippen LogP contribution is -2.58. The van der Waals surface area contributed by atoms with Crippen molar-refractivity contribution in [3.8, 4) is 5.75 Å². The van der Waals surface area contributed by atoms with E-state index in [4.69, 9.17) is 5.73 Å². The summed E-state index contributed by atoms with van der Waals surface area (Å²) in [6.07, 6.45) is 0.563. The standard InChI is InChI=1S/C23H27FN2O7/c24-3-4-26-8-11-2-1-10-5-12-6-13-7-14(28)18(22(25)32)23(33,9-27)17(13)21(31)16(12)20(30)15(10)19(11)29/h1-2,12-13,17,26-30,33H,3-9H2,(H2,25,32)/t12?,13?,17?,23-/m1/s1. The lowest BCUT2D eigenvalue weighted by molar-refractivity contribution is -0.142. The molecule has 3 unspecified atom stereocenters. The van der Waals surface area contributed by atoms with Crippen molar-refractivity contribution in [1.29, 1.82) is 0 Å². The van der Waals surface area contributed by atoms with Crippen LogP contribution in [0, 0.1) is 17.8 Å². The van der Waals surface area contributed by atoms with E-state index < -0.39 is 65.4 Å². The Bertz CT molecular complexity index is 1080. The van der Waals surface area contributed by atoms with E-state index in [0.717, 1.165) is 0 Å². The highest BCUT2D eigenvalue weighted by molar-refractivity contribution is 6.08. The summed E-state index contributed by atoms with van der Waals surface area (Å²) >= 11 is 0. The van der Waals surface area contributed by atoms with Crippen LogP contribution in [0.4, 0.5) is 4.39 Å². The number of aromatic hydroxyl groups is 1. The number of hydrogen-bond donors (Lipinski definition) is 7. The van der Waals surface area contributed by atoms with Crippen molar-refractivity contribution >= 4 is 17.4 Å². The van der Waals surface area contributed by atoms with Gasteiger partial charge in [-0.2, -0.15) is 0 Å². The van der Waals surface area contributed by atoms with Crippen LogP contribution in [0.5, 0.6) is 5.75 Å². The maximum atomic E-state index is 13.6. The SMILES string of the molecule is NC(=O)C1=C(O)CC2CC3Cc4ccc(CNCCF)c(O)c4C(O)=C3C(=O)C2[C@]1(O)CO. The lowest BCUT2D eigenvalue weighted by Gasteiger charge is -2.48. The summed E-state index contributed by atoms with van der Waals surface area (Å²) in [6.45, 7) is -1.35. The first kappa shape index (κ1) is 23.2. The van der Waals surface area contributed by atoms with Gasteiger partial charge in [0.2, 0.25) is 0 Å². The highest BCUT2D eigenvalue weighted by atomic mass is 19.1. The van der Waals surface area contributed by atoms with Gasteiger partial charge in [0, 0.05) is 30.6 Å². The van der Waals surface area contributed by atoms with E-state index in [1.54, 1.807) is 12.1 Å². The maximum Gasteiger partial charge on any atom is 0.251 e. The molecule has 3 aliphatic carbocycles. The quantitative estimate of drug-likeness (QED) is 0.300. The number of phenolic OH excluding ortho intramolecular Hbond substituents is 1. The second-order valence-corrected chi connectivity index (χ2v) is 8.95. The summed E-state index contributed by atoms with van der Waals surface area (Å²) < 4.78 is 12.4. The second kappa shape index (κ2) is 8.44. The van der Waals surface area contributed by atoms with Crippen LogP contribution in [0.3, 0.4) is 0 Å². The molecule has 9 nitrogen and oxygen atoms in total. The average Bonchev–Trinajstić information content (AvgIpc) is 2.74. The number of nitrogens with one attached hydrogen (secondary N) is 1. The monoisotopic (exact) mass is 462 g/mol. The summed E-state index contributed by atoms with van der Waals surface area (Å²) in [5, 5.41) is 56.1. The number of phenols is 1. The fraction of sp³-hybridized carbons (Fsp3) is 0.478. The molecular formula is C23H27FN2O7. The molecule has 4 rings (SSSR count). The third-order valence-corrected chi connectivity index (χ3v) is 7.09. The topological polar surface area (TPSA) is 173 Å². The third kappa shape index (κ3) is 3.49. The van der Waals surface area contributed by atoms with Crippen molar-refractivity contribution in [3.63, 3.8) is 0 Å². The van der Waals surface area contributed by atoms with Crippen LogP contribution in [-0.4, -0.2) is 62.7 Å². The van der Waals surface area contributed by atoms with Gasteiger partial charge in [0.1, 0.15) is 29.5 Å². The van der Waals surface area contributed by atoms with Crippen molar-refractivity contribution in [2.45, 2.75) is 31.4 Å². The molecule has 8 N–H and O–H groups in total. The first-order valence-corrected chi connectivity index (χ1v) is 10.8. The minimum Gasteiger partial charge on any atom is -0.512 e. The molecule has 0 aliphatic heterocycles. The van der Waals surface area contributed by atoms with Gasteiger partial charge in [0.15, 0.2) is 5.78 Å². The zero-order valence-electron chi connectivity index (χ0n) is 17.8. The summed E-state index contributed by atoms with van der Waals surface area (Å²) in [7, 11) is 0. The van der Waals surface area contributed by atoms with Gasteiger partial charge in [-0.05, 0) is 30.2 Å². The van der Waals surface area contributed by atoms with E-state index >= 15 is 0 Å². The number of halogens is 1. The summed E-state index contributed by atoms with van der Waals surface area (Å²) in [4.78, 5) is 25.5. The number of carbonyl (C=O) groups excluding carboxylic acids is 2. The van der Waals surface area contributed by atoms with E-state index in [1.807, 2.05) is 0 Å². The molecule has 4 atom stereocenters. The number of primary amides is 1. The molecule has 0 aromatic heterocycles. The fourth-order valence-corrected chi connectivity index (χ4v) is 5.74. The molecule has 1 saturated carbocycles. The lowest BCUT2D eigenvalue weighted by atomic mass is 9.56. The number of ketones is 1. The predicted molar refractivity (Wildman–Crippen MR) is 115 cm³/mol. The Labute approximate surface area is 189 Å². The van der Waals surface area contributed by atoms with Crippen LogP contribution >= 0.6 is 0 Å². The van der Waals surface area contributed by atoms with Crippen molar-refractivity contribution in [2.75, 3.05) is 19.8 Å². The Morgan fingerprint density at radius 2 is 1.97 bits per heavy atom. The van der Waals surface area contributed by atoms with Crippen LogP contribution < -0.4 is 11.1 Å². The number of aliphatic hydroxyl groups excluding tert-OH is 3. The number of Topliss-reactive ketones (excluding diaryl/α,β-unsaturated/α-hetero) is 1. The third-order valence-electron chi connectivity index (χ3n) is 7.09. The number of allylic oxidation sites excluding steroid dienone is 2. The largest absolute Gasteiger partial charge is 0.512 e. The first-order valence-electron chi connectivity index (χ1n) is 10.8. The smallest absolute Gasteiger partial charge is 0.251 e. The number of benzene rings is 1. The molecule has 10 heteroatoms. The Balaban J connectivity index is 1.80. The molecule has 1 amide bonds. The van der Waals surface area contributed by atoms with E-state index in [2.05, 4.69) is 5.32 Å². The van der Waals surface area contributed by atoms with Crippen LogP contribution in [0.25, 0.3) is 5.76 Å². The van der Waals surface area contributed by atoms with E-state index in [-0.39, 0.29) is 36.4 Å². The number of hydrogen-bond acceptors (Lipinski definition) is 8. The normalized spacial score (nSPS) is 28.9. The van der Waals surface area contributed by atoms with Crippen molar-refractivity contribution in [2.24, 2.45) is 23.5 Å². The Hall–Kier alpha value is -2.95. The minimum absolute atomic E-state index is 0.00463. The number of alkyl halides is 1. The number of amides is 1. The average molecular weight is 462 g/mol. The summed E-state index contributed by atoms with van der Waals surface area (Å²) in [5.41, 5.74) is 3.48. The van der Waals surface area contributed by atoms with Gasteiger partial charge < -0.3 is 36.6 Å². The van der Waals surface area contributed by atoms with Gasteiger partial charge in [-0.25, -0.2) is 4.39 Å². The number of nitrogens with two attached hydrogens (primary N) is 1. The second-order valence-electron chi connectivity index (χ2n) is 8.95. The van der Waals surface area contributed by atoms with E-state index in [9.17, 15) is 39.5 Å². The zero-order valence-corrected chi connectivity index (χ0v) is 17.8. The molecule has 0 spiro atoms. The first-order chi connectivity index (χ1) is 15.7. The molecule has 0 radical (unpaired) electrons. The molecule has 0 bridgehead atoms. The van der Waals surface area contributed by atoms with Crippen molar-refractivity contribution in [1.82, 2.24) is 5.32 Å². The molecular weight excluding hydrogens is 435 g/mol. The summed E-state index contributed by atoms with van der Waals surface area (Å²) in [6, 6.07) is 3.41. The number of fused-ring (bicyclic) bond motifs is 3. The molecule has 0 heterocycles. The van der Waals surface area contributed by atoms with E-state index in [1.165, 1.54) is 0 Å². The maximum absolute atomic E-state index is 13.6. The highest BCUT2D eigenvalue weighted by Gasteiger charge is 2.58. The minimum atomic E-state index is -2.39. The van der Waals surface area contributed by atoms with E-state index in [0.29, 0.717) is 24.0 Å². The molecule has 0 saturated heterocycles. The molecule has 1 aromatic carbocycles. The van der Waals surface area contributed by atoms with Gasteiger partial charge in [-0.3, -0.25) is 9.59 Å². The zero-order chi connectivity index (χ0) is 24.1. The van der Waals surface area contributed by atoms with Crippen LogP contribution in [0.2, 0.25) is 0 Å². The number of carbonyl (C=O) groups is 2. The fourth-order valence-electron chi connectivity index (χ4n) is 5.74. The highest BCUT2D eigenvalue weighted by Crippen LogP contribution is 2.53. The molecule has 1 fully saturated rings. The predicted octanol–water partition coefficient (Wildman–Crippen LogP) is 0.522. The Morgan fingerprint density at radius 1 is 1.24 bits per heavy atom.